The number of alkyl halides is 1. The van der Waals surface area contributed by atoms with Crippen molar-refractivity contribution in [3.05, 3.63) is 0 Å². The number of carboxylic acid groups (broad SMARTS) is 1. The second kappa shape index (κ2) is 4.76. The molecule has 0 saturated carbocycles. The van der Waals surface area contributed by atoms with E-state index in [-0.39, 0.29) is 12.5 Å². The van der Waals surface area contributed by atoms with Crippen LogP contribution in [-0.4, -0.2) is 22.4 Å². The maximum absolute atomic E-state index is 9.95. The van der Waals surface area contributed by atoms with Crippen LogP contribution in [0.25, 0.3) is 0 Å². The molecule has 1 unspecified atom stereocenters. The summed E-state index contributed by atoms with van der Waals surface area (Å²) in [6.45, 7) is 0. The van der Waals surface area contributed by atoms with Crippen LogP contribution in [0.5, 0.6) is 0 Å². The first-order chi connectivity index (χ1) is 4.16. The van der Waals surface area contributed by atoms with Gasteiger partial charge < -0.3 is 10.8 Å². The molecule has 0 aliphatic carbocycles. The van der Waals surface area contributed by atoms with E-state index in [2.05, 4.69) is 15.9 Å². The van der Waals surface area contributed by atoms with Gasteiger partial charge in [-0.25, -0.2) is 0 Å². The molecular formula is C5H10BrNO2. The van der Waals surface area contributed by atoms with Crippen LogP contribution < -0.4 is 5.73 Å². The van der Waals surface area contributed by atoms with Gasteiger partial charge in [0.15, 0.2) is 0 Å². The van der Waals surface area contributed by atoms with Gasteiger partial charge in [0.05, 0.1) is 0 Å². The van der Waals surface area contributed by atoms with Crippen LogP contribution in [0.15, 0.2) is 0 Å². The van der Waals surface area contributed by atoms with Gasteiger partial charge in [0, 0.05) is 17.8 Å². The van der Waals surface area contributed by atoms with Crippen molar-refractivity contribution < 1.29 is 9.90 Å². The molecule has 3 N–H and O–H groups in total. The molecule has 0 bridgehead atoms. The highest BCUT2D eigenvalue weighted by molar-refractivity contribution is 9.09. The van der Waals surface area contributed by atoms with E-state index in [0.717, 1.165) is 0 Å². The number of carbonyl (C=O) groups is 1. The number of nitrogens with two attached hydrogens (primary N) is 1. The predicted octanol–water partition coefficient (Wildman–Crippen LogP) is 0.573. The minimum atomic E-state index is -0.786. The number of rotatable bonds is 4. The maximum atomic E-state index is 9.95. The number of aliphatic carboxylic acids is 1. The van der Waals surface area contributed by atoms with Crippen molar-refractivity contribution in [2.75, 3.05) is 5.33 Å². The quantitative estimate of drug-likeness (QED) is 0.646. The molecule has 0 aliphatic heterocycles. The van der Waals surface area contributed by atoms with Crippen LogP contribution in [0.1, 0.15) is 12.8 Å². The molecule has 3 nitrogen and oxygen atoms in total. The van der Waals surface area contributed by atoms with E-state index >= 15 is 0 Å². The normalized spacial score (nSPS) is 13.1. The molecule has 0 amide bonds. The minimum absolute atomic E-state index is 0.0268. The molecule has 0 spiro atoms. The Morgan fingerprint density at radius 2 is 2.33 bits per heavy atom. The molecule has 0 rings (SSSR count). The predicted molar refractivity (Wildman–Crippen MR) is 38.6 cm³/mol. The number of carboxylic acids is 1. The Kier molecular flexibility index (Phi) is 4.71. The van der Waals surface area contributed by atoms with Crippen molar-refractivity contribution in [3.8, 4) is 0 Å². The Hall–Kier alpha value is -0.0900. The first kappa shape index (κ1) is 8.91. The average molecular weight is 196 g/mol. The molecule has 9 heavy (non-hydrogen) atoms. The first-order valence-corrected chi connectivity index (χ1v) is 3.82. The van der Waals surface area contributed by atoms with E-state index in [1.807, 2.05) is 0 Å². The van der Waals surface area contributed by atoms with Gasteiger partial charge in [-0.15, -0.1) is 0 Å². The number of hydrogen-bond donors (Lipinski definition) is 2. The van der Waals surface area contributed by atoms with Gasteiger partial charge in [-0.1, -0.05) is 15.9 Å². The van der Waals surface area contributed by atoms with Crippen molar-refractivity contribution in [3.63, 3.8) is 0 Å². The highest BCUT2D eigenvalue weighted by atomic mass is 79.9. The van der Waals surface area contributed by atoms with Crippen LogP contribution in [0.3, 0.4) is 0 Å². The highest BCUT2D eigenvalue weighted by Crippen LogP contribution is 1.96. The van der Waals surface area contributed by atoms with Crippen LogP contribution in [-0.2, 0) is 4.79 Å². The summed E-state index contributed by atoms with van der Waals surface area (Å²) >= 11 is 3.15. The third-order valence-electron chi connectivity index (χ3n) is 0.927. The Morgan fingerprint density at radius 3 is 2.67 bits per heavy atom. The van der Waals surface area contributed by atoms with Gasteiger partial charge >= 0.3 is 5.97 Å². The van der Waals surface area contributed by atoms with E-state index < -0.39 is 5.97 Å². The third-order valence-corrected chi connectivity index (χ3v) is 1.76. The van der Waals surface area contributed by atoms with E-state index in [9.17, 15) is 4.79 Å². The van der Waals surface area contributed by atoms with Crippen LogP contribution in [0, 0.1) is 0 Å². The molecule has 0 heterocycles. The Morgan fingerprint density at radius 1 is 1.78 bits per heavy atom. The first-order valence-electron chi connectivity index (χ1n) is 2.70. The number of hydrogen-bond acceptors (Lipinski definition) is 2. The molecule has 0 aliphatic rings. The summed E-state index contributed by atoms with van der Waals surface area (Å²) in [5, 5.41) is 8.85. The zero-order chi connectivity index (χ0) is 7.28. The van der Waals surface area contributed by atoms with Gasteiger partial charge in [0.25, 0.3) is 0 Å². The zero-order valence-electron chi connectivity index (χ0n) is 5.01. The summed E-state index contributed by atoms with van der Waals surface area (Å²) in [6, 6.07) is -0.0268. The van der Waals surface area contributed by atoms with Gasteiger partial charge in [-0.05, 0) is 6.42 Å². The van der Waals surface area contributed by atoms with Crippen molar-refractivity contribution in [2.24, 2.45) is 5.73 Å². The van der Waals surface area contributed by atoms with Crippen LogP contribution in [0.4, 0.5) is 0 Å². The molecule has 4 heteroatoms. The summed E-state index contributed by atoms with van der Waals surface area (Å²) in [5.74, 6) is -0.786. The maximum Gasteiger partial charge on any atom is 0.303 e. The van der Waals surface area contributed by atoms with Gasteiger partial charge in [-0.3, -0.25) is 4.79 Å². The Labute approximate surface area is 62.4 Å². The van der Waals surface area contributed by atoms with E-state index in [1.54, 1.807) is 0 Å². The minimum Gasteiger partial charge on any atom is -0.481 e. The summed E-state index contributed by atoms with van der Waals surface area (Å²) in [5.41, 5.74) is 5.41. The lowest BCUT2D eigenvalue weighted by Crippen LogP contribution is -2.22. The fourth-order valence-corrected chi connectivity index (χ4v) is 0.710. The lowest BCUT2D eigenvalue weighted by Gasteiger charge is -2.02. The molecular weight excluding hydrogens is 186 g/mol. The SMILES string of the molecule is NC(CBr)CCC(=O)O. The number of halogens is 1. The molecule has 0 aromatic heterocycles. The molecule has 0 fully saturated rings. The van der Waals surface area contributed by atoms with Gasteiger partial charge in [0.2, 0.25) is 0 Å². The summed E-state index contributed by atoms with van der Waals surface area (Å²) < 4.78 is 0. The molecule has 1 atom stereocenters. The van der Waals surface area contributed by atoms with E-state index in [1.165, 1.54) is 0 Å². The van der Waals surface area contributed by atoms with Crippen molar-refractivity contribution in [1.82, 2.24) is 0 Å². The molecule has 0 saturated heterocycles. The fourth-order valence-electron chi connectivity index (χ4n) is 0.386. The smallest absolute Gasteiger partial charge is 0.303 e. The summed E-state index contributed by atoms with van der Waals surface area (Å²) in [4.78, 5) is 9.95. The largest absolute Gasteiger partial charge is 0.481 e. The average Bonchev–Trinajstić information content (AvgIpc) is 1.83. The molecule has 0 radical (unpaired) electrons. The lowest BCUT2D eigenvalue weighted by atomic mass is 10.2. The molecule has 0 aromatic rings. The standard InChI is InChI=1S/C5H10BrNO2/c6-3-4(7)1-2-5(8)9/h4H,1-3,7H2,(H,8,9). The Bertz CT molecular complexity index is 97.0. The second-order valence-electron chi connectivity index (χ2n) is 1.85. The lowest BCUT2D eigenvalue weighted by molar-refractivity contribution is -0.137. The molecule has 0 aromatic carbocycles. The van der Waals surface area contributed by atoms with Crippen molar-refractivity contribution in [1.29, 1.82) is 0 Å². The molecule has 54 valence electrons. The zero-order valence-corrected chi connectivity index (χ0v) is 6.60. The van der Waals surface area contributed by atoms with Crippen LogP contribution in [0.2, 0.25) is 0 Å². The van der Waals surface area contributed by atoms with Gasteiger partial charge in [-0.2, -0.15) is 0 Å². The van der Waals surface area contributed by atoms with E-state index in [0.29, 0.717) is 11.8 Å². The summed E-state index contributed by atoms with van der Waals surface area (Å²) in [6.07, 6.45) is 0.702. The van der Waals surface area contributed by atoms with Crippen molar-refractivity contribution >= 4 is 21.9 Å². The van der Waals surface area contributed by atoms with E-state index in [4.69, 9.17) is 10.8 Å². The topological polar surface area (TPSA) is 63.3 Å². The summed E-state index contributed by atoms with van der Waals surface area (Å²) in [7, 11) is 0. The highest BCUT2D eigenvalue weighted by Gasteiger charge is 2.02. The van der Waals surface area contributed by atoms with Gasteiger partial charge in [0.1, 0.15) is 0 Å². The third kappa shape index (κ3) is 5.79. The second-order valence-corrected chi connectivity index (χ2v) is 2.49. The van der Waals surface area contributed by atoms with Crippen LogP contribution >= 0.6 is 15.9 Å². The Balaban J connectivity index is 3.16. The van der Waals surface area contributed by atoms with Crippen molar-refractivity contribution in [2.45, 2.75) is 18.9 Å². The fraction of sp³-hybridized carbons (Fsp3) is 0.800. The monoisotopic (exact) mass is 195 g/mol.